The molecule has 2 aromatic rings. The van der Waals surface area contributed by atoms with Crippen LogP contribution in [-0.4, -0.2) is 31.3 Å². The number of carbonyl (C=O) groups is 1. The van der Waals surface area contributed by atoms with E-state index in [1.807, 2.05) is 0 Å². The van der Waals surface area contributed by atoms with Crippen molar-refractivity contribution in [3.8, 4) is 0 Å². The molecule has 0 fully saturated rings. The van der Waals surface area contributed by atoms with E-state index < -0.39 is 14.8 Å². The Morgan fingerprint density at radius 2 is 1.71 bits per heavy atom. The molecular weight excluding hydrogens is 352 g/mol. The van der Waals surface area contributed by atoms with Gasteiger partial charge in [0, 0.05) is 29.0 Å². The van der Waals surface area contributed by atoms with Crippen LogP contribution in [-0.2, 0) is 14.6 Å². The number of amides is 1. The number of non-ortho nitro benzene ring substituents is 1. The summed E-state index contributed by atoms with van der Waals surface area (Å²) in [5.41, 5.74) is 0.492. The van der Waals surface area contributed by atoms with Crippen molar-refractivity contribution in [2.24, 2.45) is 0 Å². The Bertz CT molecular complexity index is 846. The summed E-state index contributed by atoms with van der Waals surface area (Å²) in [5, 5.41) is 13.2. The second-order valence-electron chi connectivity index (χ2n) is 4.88. The van der Waals surface area contributed by atoms with Gasteiger partial charge in [-0.2, -0.15) is 0 Å². The molecule has 0 radical (unpaired) electrons. The van der Waals surface area contributed by atoms with Crippen LogP contribution in [0.1, 0.15) is 0 Å². The van der Waals surface area contributed by atoms with Crippen molar-refractivity contribution in [3.05, 3.63) is 58.6 Å². The van der Waals surface area contributed by atoms with Crippen LogP contribution in [0.15, 0.2) is 58.3 Å². The van der Waals surface area contributed by atoms with Crippen LogP contribution in [0.5, 0.6) is 0 Å². The lowest BCUT2D eigenvalue weighted by atomic mass is 10.3. The maximum Gasteiger partial charge on any atom is 0.269 e. The third kappa shape index (κ3) is 5.07. The molecule has 0 aliphatic heterocycles. The fourth-order valence-corrected chi connectivity index (χ4v) is 3.12. The maximum atomic E-state index is 11.9. The van der Waals surface area contributed by atoms with E-state index in [1.165, 1.54) is 48.2 Å². The summed E-state index contributed by atoms with van der Waals surface area (Å²) in [6.07, 6.45) is 1.11. The molecular formula is C15H14N2O5S2. The quantitative estimate of drug-likeness (QED) is 0.479. The first kappa shape index (κ1) is 18.0. The summed E-state index contributed by atoms with van der Waals surface area (Å²) in [5.74, 6) is -0.128. The zero-order valence-electron chi connectivity index (χ0n) is 12.6. The molecule has 0 unspecified atom stereocenters. The fourth-order valence-electron chi connectivity index (χ4n) is 1.80. The third-order valence-corrected chi connectivity index (χ3v) is 5.12. The van der Waals surface area contributed by atoms with E-state index in [9.17, 15) is 23.3 Å². The van der Waals surface area contributed by atoms with Crippen LogP contribution in [0.3, 0.4) is 0 Å². The molecule has 0 saturated heterocycles. The van der Waals surface area contributed by atoms with Gasteiger partial charge < -0.3 is 5.32 Å². The molecule has 0 bridgehead atoms. The zero-order valence-corrected chi connectivity index (χ0v) is 14.3. The van der Waals surface area contributed by atoms with Crippen molar-refractivity contribution in [3.63, 3.8) is 0 Å². The number of nitrogens with one attached hydrogen (secondary N) is 1. The zero-order chi connectivity index (χ0) is 17.7. The van der Waals surface area contributed by atoms with E-state index in [4.69, 9.17) is 0 Å². The first-order valence-electron chi connectivity index (χ1n) is 6.73. The minimum atomic E-state index is -3.27. The van der Waals surface area contributed by atoms with Gasteiger partial charge in [-0.05, 0) is 36.4 Å². The second-order valence-corrected chi connectivity index (χ2v) is 7.95. The van der Waals surface area contributed by atoms with Gasteiger partial charge in [-0.25, -0.2) is 8.42 Å². The van der Waals surface area contributed by atoms with Crippen LogP contribution in [0.4, 0.5) is 11.4 Å². The smallest absolute Gasteiger partial charge is 0.269 e. The van der Waals surface area contributed by atoms with Gasteiger partial charge in [0.05, 0.1) is 15.6 Å². The van der Waals surface area contributed by atoms with Crippen molar-refractivity contribution in [1.29, 1.82) is 0 Å². The first-order valence-corrected chi connectivity index (χ1v) is 9.60. The molecule has 9 heteroatoms. The molecule has 0 aliphatic carbocycles. The van der Waals surface area contributed by atoms with Gasteiger partial charge in [-0.15, -0.1) is 11.8 Å². The summed E-state index contributed by atoms with van der Waals surface area (Å²) >= 11 is 1.25. The molecule has 126 valence electrons. The summed E-state index contributed by atoms with van der Waals surface area (Å²) in [4.78, 5) is 22.9. The lowest BCUT2D eigenvalue weighted by Gasteiger charge is -2.06. The Balaban J connectivity index is 1.90. The normalized spacial score (nSPS) is 11.0. The minimum Gasteiger partial charge on any atom is -0.325 e. The van der Waals surface area contributed by atoms with E-state index >= 15 is 0 Å². The second kappa shape index (κ2) is 7.45. The van der Waals surface area contributed by atoms with Gasteiger partial charge in [0.15, 0.2) is 9.84 Å². The van der Waals surface area contributed by atoms with E-state index in [0.29, 0.717) is 5.69 Å². The number of anilines is 1. The molecule has 2 rings (SSSR count). The van der Waals surface area contributed by atoms with Crippen LogP contribution in [0.2, 0.25) is 0 Å². The van der Waals surface area contributed by atoms with Crippen LogP contribution in [0, 0.1) is 10.1 Å². The Hall–Kier alpha value is -2.39. The Labute approximate surface area is 143 Å². The van der Waals surface area contributed by atoms with Crippen molar-refractivity contribution in [2.75, 3.05) is 17.3 Å². The number of nitro benzene ring substituents is 1. The van der Waals surface area contributed by atoms with Crippen LogP contribution in [0.25, 0.3) is 0 Å². The third-order valence-electron chi connectivity index (χ3n) is 2.98. The molecule has 0 aromatic heterocycles. The van der Waals surface area contributed by atoms with Crippen molar-refractivity contribution >= 4 is 38.9 Å². The molecule has 0 aliphatic rings. The van der Waals surface area contributed by atoms with Gasteiger partial charge in [0.25, 0.3) is 5.69 Å². The summed E-state index contributed by atoms with van der Waals surface area (Å²) in [7, 11) is -3.27. The molecule has 24 heavy (non-hydrogen) atoms. The highest BCUT2D eigenvalue weighted by molar-refractivity contribution is 8.00. The summed E-state index contributed by atoms with van der Waals surface area (Å²) < 4.78 is 22.7. The number of nitro groups is 1. The molecule has 0 atom stereocenters. The predicted molar refractivity (Wildman–Crippen MR) is 92.0 cm³/mol. The molecule has 0 spiro atoms. The van der Waals surface area contributed by atoms with Crippen LogP contribution >= 0.6 is 11.8 Å². The Kier molecular flexibility index (Phi) is 5.58. The van der Waals surface area contributed by atoms with Crippen molar-refractivity contribution in [2.45, 2.75) is 9.79 Å². The van der Waals surface area contributed by atoms with E-state index in [-0.39, 0.29) is 22.2 Å². The average molecular weight is 366 g/mol. The highest BCUT2D eigenvalue weighted by Gasteiger charge is 2.09. The summed E-state index contributed by atoms with van der Waals surface area (Å²) in [6.45, 7) is 0. The molecule has 0 saturated carbocycles. The lowest BCUT2D eigenvalue weighted by molar-refractivity contribution is -0.384. The van der Waals surface area contributed by atoms with Gasteiger partial charge in [-0.1, -0.05) is 0 Å². The molecule has 1 amide bonds. The van der Waals surface area contributed by atoms with Crippen LogP contribution < -0.4 is 5.32 Å². The van der Waals surface area contributed by atoms with Gasteiger partial charge in [0.2, 0.25) is 5.91 Å². The van der Waals surface area contributed by atoms with E-state index in [1.54, 1.807) is 12.1 Å². The molecule has 7 nitrogen and oxygen atoms in total. The summed E-state index contributed by atoms with van der Waals surface area (Å²) in [6, 6.07) is 11.8. The number of nitrogens with zero attached hydrogens (tertiary/aromatic N) is 1. The van der Waals surface area contributed by atoms with E-state index in [2.05, 4.69) is 5.32 Å². The SMILES string of the molecule is CS(=O)(=O)c1ccc(NC(=O)CSc2ccc([N+](=O)[O-])cc2)cc1. The number of hydrogen-bond donors (Lipinski definition) is 1. The number of carbonyl (C=O) groups excluding carboxylic acids is 1. The number of thioether (sulfide) groups is 1. The lowest BCUT2D eigenvalue weighted by Crippen LogP contribution is -2.14. The van der Waals surface area contributed by atoms with Crippen molar-refractivity contribution in [1.82, 2.24) is 0 Å². The molecule has 1 N–H and O–H groups in total. The van der Waals surface area contributed by atoms with Gasteiger partial charge >= 0.3 is 0 Å². The monoisotopic (exact) mass is 366 g/mol. The highest BCUT2D eigenvalue weighted by Crippen LogP contribution is 2.21. The fraction of sp³-hybridized carbons (Fsp3) is 0.133. The number of rotatable bonds is 6. The average Bonchev–Trinajstić information content (AvgIpc) is 2.53. The Morgan fingerprint density at radius 1 is 1.12 bits per heavy atom. The number of hydrogen-bond acceptors (Lipinski definition) is 6. The highest BCUT2D eigenvalue weighted by atomic mass is 32.2. The largest absolute Gasteiger partial charge is 0.325 e. The topological polar surface area (TPSA) is 106 Å². The molecule has 2 aromatic carbocycles. The number of benzene rings is 2. The maximum absolute atomic E-state index is 11.9. The van der Waals surface area contributed by atoms with Gasteiger partial charge in [-0.3, -0.25) is 14.9 Å². The minimum absolute atomic E-state index is 0.00484. The Morgan fingerprint density at radius 3 is 2.21 bits per heavy atom. The number of sulfone groups is 1. The molecule has 0 heterocycles. The first-order chi connectivity index (χ1) is 11.3. The van der Waals surface area contributed by atoms with Gasteiger partial charge in [0.1, 0.15) is 0 Å². The standard InChI is InChI=1S/C15H14N2O5S2/c1-24(21,22)14-8-2-11(3-9-14)16-15(18)10-23-13-6-4-12(5-7-13)17(19)20/h2-9H,10H2,1H3,(H,16,18). The van der Waals surface area contributed by atoms with Crippen molar-refractivity contribution < 1.29 is 18.1 Å². The predicted octanol–water partition coefficient (Wildman–Crippen LogP) is 2.73. The van der Waals surface area contributed by atoms with E-state index in [0.717, 1.165) is 11.2 Å².